The number of hydrogen-bond acceptors (Lipinski definition) is 5. The van der Waals surface area contributed by atoms with Gasteiger partial charge < -0.3 is 16.6 Å². The van der Waals surface area contributed by atoms with Crippen molar-refractivity contribution in [1.29, 1.82) is 0 Å². The zero-order valence-electron chi connectivity index (χ0n) is 10.3. The van der Waals surface area contributed by atoms with Crippen LogP contribution in [-0.4, -0.2) is 16.9 Å². The molecule has 0 unspecified atom stereocenters. The van der Waals surface area contributed by atoms with Gasteiger partial charge in [0.15, 0.2) is 0 Å². The molecule has 6 heteroatoms. The smallest absolute Gasteiger partial charge is 0.266 e. The van der Waals surface area contributed by atoms with Gasteiger partial charge in [0.2, 0.25) is 0 Å². The molecule has 1 aliphatic heterocycles. The molecule has 20 heavy (non-hydrogen) atoms. The van der Waals surface area contributed by atoms with Crippen molar-refractivity contribution in [2.75, 3.05) is 16.4 Å². The number of hydrogen-bond donors (Lipinski definition) is 3. The number of carbonyl (C=O) groups excluding carboxylic acids is 2. The second-order valence-electron chi connectivity index (χ2n) is 4.50. The first-order valence-corrected chi connectivity index (χ1v) is 5.86. The number of benzene rings is 2. The van der Waals surface area contributed by atoms with Crippen LogP contribution in [0.25, 0.3) is 0 Å². The van der Waals surface area contributed by atoms with E-state index in [0.29, 0.717) is 11.4 Å². The Morgan fingerprint density at radius 2 is 1.45 bits per heavy atom. The van der Waals surface area contributed by atoms with Crippen LogP contribution in [0, 0.1) is 0 Å². The average Bonchev–Trinajstić information content (AvgIpc) is 2.65. The molecule has 5 N–H and O–H groups in total. The Morgan fingerprint density at radius 3 is 2.20 bits per heavy atom. The Balaban J connectivity index is 2.16. The fourth-order valence-electron chi connectivity index (χ4n) is 2.20. The predicted molar refractivity (Wildman–Crippen MR) is 74.5 cm³/mol. The van der Waals surface area contributed by atoms with Gasteiger partial charge in [-0.3, -0.25) is 9.59 Å². The van der Waals surface area contributed by atoms with Crippen molar-refractivity contribution in [3.8, 4) is 5.75 Å². The summed E-state index contributed by atoms with van der Waals surface area (Å²) in [6.07, 6.45) is 0. The molecular formula is C14H11N3O3. The molecule has 6 nitrogen and oxygen atoms in total. The molecule has 1 heterocycles. The van der Waals surface area contributed by atoms with Gasteiger partial charge in [0, 0.05) is 11.4 Å². The first-order chi connectivity index (χ1) is 9.49. The summed E-state index contributed by atoms with van der Waals surface area (Å²) in [5.74, 6) is -1.23. The number of phenols is 1. The van der Waals surface area contributed by atoms with Gasteiger partial charge in [0.25, 0.3) is 11.8 Å². The maximum absolute atomic E-state index is 12.3. The summed E-state index contributed by atoms with van der Waals surface area (Å²) >= 11 is 0. The first kappa shape index (κ1) is 12.0. The summed E-state index contributed by atoms with van der Waals surface area (Å²) < 4.78 is 0. The third-order valence-electron chi connectivity index (χ3n) is 3.15. The fourth-order valence-corrected chi connectivity index (χ4v) is 2.20. The molecule has 2 amide bonds. The van der Waals surface area contributed by atoms with E-state index in [4.69, 9.17) is 11.5 Å². The number of amides is 2. The number of carbonyl (C=O) groups is 2. The molecule has 0 aromatic heterocycles. The SMILES string of the molecule is Nc1ccc2c(c1)C(=O)N(c1cc(N)ccc1O)C2=O. The Kier molecular flexibility index (Phi) is 2.40. The van der Waals surface area contributed by atoms with E-state index >= 15 is 0 Å². The summed E-state index contributed by atoms with van der Waals surface area (Å²) in [7, 11) is 0. The van der Waals surface area contributed by atoms with E-state index in [-0.39, 0.29) is 22.6 Å². The second-order valence-corrected chi connectivity index (χ2v) is 4.50. The molecule has 0 atom stereocenters. The lowest BCUT2D eigenvalue weighted by Gasteiger charge is -2.15. The van der Waals surface area contributed by atoms with E-state index in [1.54, 1.807) is 6.07 Å². The van der Waals surface area contributed by atoms with Gasteiger partial charge in [-0.25, -0.2) is 4.90 Å². The molecule has 0 saturated carbocycles. The standard InChI is InChI=1S/C14H11N3O3/c15-7-1-3-9-10(5-7)14(20)17(13(9)19)11-6-8(16)2-4-12(11)18/h1-6,18H,15-16H2. The highest BCUT2D eigenvalue weighted by molar-refractivity contribution is 6.35. The zero-order valence-corrected chi connectivity index (χ0v) is 10.3. The number of nitrogens with two attached hydrogens (primary N) is 2. The predicted octanol–water partition coefficient (Wildman–Crippen LogP) is 1.36. The van der Waals surface area contributed by atoms with E-state index in [0.717, 1.165) is 4.90 Å². The van der Waals surface area contributed by atoms with Crippen molar-refractivity contribution in [1.82, 2.24) is 0 Å². The summed E-state index contributed by atoms with van der Waals surface area (Å²) in [4.78, 5) is 25.5. The zero-order chi connectivity index (χ0) is 14.4. The van der Waals surface area contributed by atoms with Crippen molar-refractivity contribution in [2.45, 2.75) is 0 Å². The topological polar surface area (TPSA) is 110 Å². The molecule has 2 aromatic carbocycles. The van der Waals surface area contributed by atoms with Gasteiger partial charge in [-0.15, -0.1) is 0 Å². The molecule has 0 spiro atoms. The number of anilines is 3. The van der Waals surface area contributed by atoms with E-state index in [1.165, 1.54) is 30.3 Å². The molecule has 2 aromatic rings. The van der Waals surface area contributed by atoms with Crippen molar-refractivity contribution < 1.29 is 14.7 Å². The molecule has 0 aliphatic carbocycles. The van der Waals surface area contributed by atoms with Gasteiger partial charge in [-0.2, -0.15) is 0 Å². The van der Waals surface area contributed by atoms with E-state index in [9.17, 15) is 14.7 Å². The van der Waals surface area contributed by atoms with Gasteiger partial charge >= 0.3 is 0 Å². The van der Waals surface area contributed by atoms with Gasteiger partial charge in [-0.1, -0.05) is 0 Å². The van der Waals surface area contributed by atoms with Crippen LogP contribution in [0.4, 0.5) is 17.1 Å². The minimum absolute atomic E-state index is 0.0646. The number of phenolic OH excluding ortho intramolecular Hbond substituents is 1. The molecule has 0 radical (unpaired) electrons. The summed E-state index contributed by atoms with van der Waals surface area (Å²) in [6, 6.07) is 8.68. The number of aromatic hydroxyl groups is 1. The van der Waals surface area contributed by atoms with Crippen LogP contribution >= 0.6 is 0 Å². The maximum atomic E-state index is 12.3. The molecule has 1 aliphatic rings. The van der Waals surface area contributed by atoms with Crippen LogP contribution < -0.4 is 16.4 Å². The minimum atomic E-state index is -0.529. The Hall–Kier alpha value is -3.02. The van der Waals surface area contributed by atoms with Crippen molar-refractivity contribution in [2.24, 2.45) is 0 Å². The highest BCUT2D eigenvalue weighted by Gasteiger charge is 2.37. The fraction of sp³-hybridized carbons (Fsp3) is 0. The molecule has 100 valence electrons. The Bertz CT molecular complexity index is 755. The lowest BCUT2D eigenvalue weighted by atomic mass is 10.1. The summed E-state index contributed by atoms with van der Waals surface area (Å²) in [6.45, 7) is 0. The number of nitrogen functional groups attached to an aromatic ring is 2. The molecule has 0 bridgehead atoms. The molecule has 0 fully saturated rings. The normalized spacial score (nSPS) is 13.7. The van der Waals surface area contributed by atoms with Crippen molar-refractivity contribution in [3.05, 3.63) is 47.5 Å². The number of nitrogens with zero attached hydrogens (tertiary/aromatic N) is 1. The Morgan fingerprint density at radius 1 is 0.850 bits per heavy atom. The largest absolute Gasteiger partial charge is 0.506 e. The minimum Gasteiger partial charge on any atom is -0.506 e. The number of fused-ring (bicyclic) bond motifs is 1. The second kappa shape index (κ2) is 3.99. The van der Waals surface area contributed by atoms with Crippen LogP contribution in [0.3, 0.4) is 0 Å². The van der Waals surface area contributed by atoms with Crippen LogP contribution in [-0.2, 0) is 0 Å². The lowest BCUT2D eigenvalue weighted by Crippen LogP contribution is -2.29. The third kappa shape index (κ3) is 1.58. The van der Waals surface area contributed by atoms with Crippen molar-refractivity contribution in [3.63, 3.8) is 0 Å². The van der Waals surface area contributed by atoms with Crippen molar-refractivity contribution >= 4 is 28.9 Å². The molecule has 0 saturated heterocycles. The molecular weight excluding hydrogens is 258 g/mol. The van der Waals surface area contributed by atoms with E-state index in [1.807, 2.05) is 0 Å². The Labute approximate surface area is 114 Å². The van der Waals surface area contributed by atoms with Crippen LogP contribution in [0.5, 0.6) is 5.75 Å². The third-order valence-corrected chi connectivity index (χ3v) is 3.15. The van der Waals surface area contributed by atoms with Gasteiger partial charge in [0.1, 0.15) is 5.75 Å². The van der Waals surface area contributed by atoms with Crippen LogP contribution in [0.2, 0.25) is 0 Å². The summed E-state index contributed by atoms with van der Waals surface area (Å²) in [5, 5.41) is 9.84. The van der Waals surface area contributed by atoms with Gasteiger partial charge in [0.05, 0.1) is 16.8 Å². The highest BCUT2D eigenvalue weighted by atomic mass is 16.3. The van der Waals surface area contributed by atoms with E-state index in [2.05, 4.69) is 0 Å². The number of imide groups is 1. The van der Waals surface area contributed by atoms with Crippen LogP contribution in [0.1, 0.15) is 20.7 Å². The lowest BCUT2D eigenvalue weighted by molar-refractivity contribution is 0.0925. The summed E-state index contributed by atoms with van der Waals surface area (Å²) in [5.41, 5.74) is 12.5. The maximum Gasteiger partial charge on any atom is 0.266 e. The molecule has 3 rings (SSSR count). The van der Waals surface area contributed by atoms with E-state index < -0.39 is 11.8 Å². The van der Waals surface area contributed by atoms with Crippen LogP contribution in [0.15, 0.2) is 36.4 Å². The average molecular weight is 269 g/mol. The first-order valence-electron chi connectivity index (χ1n) is 5.86. The quantitative estimate of drug-likeness (QED) is 0.411. The van der Waals surface area contributed by atoms with Gasteiger partial charge in [-0.05, 0) is 36.4 Å². The monoisotopic (exact) mass is 269 g/mol. The number of rotatable bonds is 1. The highest BCUT2D eigenvalue weighted by Crippen LogP contribution is 2.35.